The van der Waals surface area contributed by atoms with Gasteiger partial charge in [0.15, 0.2) is 17.5 Å². The average molecular weight is 554 g/mol. The maximum atomic E-state index is 5.34. The predicted octanol–water partition coefficient (Wildman–Crippen LogP) is 4.44. The lowest BCUT2D eigenvalue weighted by molar-refractivity contribution is 0.354. The van der Waals surface area contributed by atoms with Crippen molar-refractivity contribution >= 4 is 57.2 Å². The summed E-state index contributed by atoms with van der Waals surface area (Å²) in [6.07, 6.45) is 0.969. The van der Waals surface area contributed by atoms with Crippen LogP contribution in [0.25, 0.3) is 0 Å². The molecule has 0 aliphatic heterocycles. The fourth-order valence-corrected chi connectivity index (χ4v) is 3.76. The van der Waals surface area contributed by atoms with Gasteiger partial charge in [0.1, 0.15) is 0 Å². The average Bonchev–Trinajstić information content (AvgIpc) is 3.04. The summed E-state index contributed by atoms with van der Waals surface area (Å²) in [7, 11) is 3.27. The minimum atomic E-state index is 0. The molecule has 0 amide bonds. The van der Waals surface area contributed by atoms with E-state index in [4.69, 9.17) is 9.47 Å². The van der Waals surface area contributed by atoms with Gasteiger partial charge in [-0.3, -0.25) is 0 Å². The van der Waals surface area contributed by atoms with Crippen LogP contribution >= 0.6 is 51.2 Å². The van der Waals surface area contributed by atoms with E-state index in [1.54, 1.807) is 25.6 Å². The highest BCUT2D eigenvalue weighted by Crippen LogP contribution is 2.27. The van der Waals surface area contributed by atoms with Crippen LogP contribution in [0, 0.1) is 0 Å². The summed E-state index contributed by atoms with van der Waals surface area (Å²) in [5, 5.41) is 6.65. The molecule has 0 unspecified atom stereocenters. The Morgan fingerprint density at radius 1 is 1.12 bits per heavy atom. The molecule has 2 rings (SSSR count). The van der Waals surface area contributed by atoms with Crippen molar-refractivity contribution < 1.29 is 9.47 Å². The molecule has 0 fully saturated rings. The Labute approximate surface area is 184 Å². The Morgan fingerprint density at radius 2 is 1.88 bits per heavy atom. The van der Waals surface area contributed by atoms with Crippen molar-refractivity contribution in [2.45, 2.75) is 19.9 Å². The summed E-state index contributed by atoms with van der Waals surface area (Å²) in [4.78, 5) is 5.99. The van der Waals surface area contributed by atoms with E-state index in [-0.39, 0.29) is 24.0 Å². The first-order valence-corrected chi connectivity index (χ1v) is 9.74. The first kappa shape index (κ1) is 23.0. The van der Waals surface area contributed by atoms with Crippen molar-refractivity contribution in [3.8, 4) is 11.5 Å². The highest BCUT2D eigenvalue weighted by atomic mass is 127. The number of nitrogens with one attached hydrogen (secondary N) is 2. The monoisotopic (exact) mass is 553 g/mol. The third-order valence-electron chi connectivity index (χ3n) is 3.50. The van der Waals surface area contributed by atoms with Gasteiger partial charge in [-0.25, -0.2) is 4.99 Å². The Kier molecular flexibility index (Phi) is 11.0. The van der Waals surface area contributed by atoms with Crippen LogP contribution < -0.4 is 20.1 Å². The molecular formula is C18H25BrIN3O2S. The number of thiophene rings is 1. The third kappa shape index (κ3) is 7.32. The lowest BCUT2D eigenvalue weighted by Gasteiger charge is -2.12. The van der Waals surface area contributed by atoms with Crippen LogP contribution in [0.3, 0.4) is 0 Å². The zero-order valence-electron chi connectivity index (χ0n) is 15.2. The molecule has 2 N–H and O–H groups in total. The second-order valence-electron chi connectivity index (χ2n) is 5.27. The minimum absolute atomic E-state index is 0. The van der Waals surface area contributed by atoms with Gasteiger partial charge in [0.2, 0.25) is 0 Å². The fraction of sp³-hybridized carbons (Fsp3) is 0.389. The van der Waals surface area contributed by atoms with Crippen LogP contribution in [0.5, 0.6) is 11.5 Å². The summed E-state index contributed by atoms with van der Waals surface area (Å²) in [5.74, 6) is 2.26. The molecular weight excluding hydrogens is 529 g/mol. The fourth-order valence-electron chi connectivity index (χ4n) is 2.28. The highest BCUT2D eigenvalue weighted by molar-refractivity contribution is 14.0. The second kappa shape index (κ2) is 12.4. The lowest BCUT2D eigenvalue weighted by Crippen LogP contribution is -2.38. The van der Waals surface area contributed by atoms with Gasteiger partial charge in [0, 0.05) is 18.0 Å². The van der Waals surface area contributed by atoms with Gasteiger partial charge in [-0.15, -0.1) is 35.3 Å². The predicted molar refractivity (Wildman–Crippen MR) is 124 cm³/mol. The second-order valence-corrected chi connectivity index (χ2v) is 7.81. The van der Waals surface area contributed by atoms with Gasteiger partial charge in [-0.05, 0) is 59.1 Å². The maximum Gasteiger partial charge on any atom is 0.191 e. The molecule has 0 spiro atoms. The molecule has 0 aliphatic rings. The molecule has 1 heterocycles. The highest BCUT2D eigenvalue weighted by Gasteiger charge is 2.05. The standard InChI is InChI=1S/C18H24BrN3O2S.HI/c1-4-20-18(21-10-9-14-6-8-17(19)25-14)22-12-13-5-7-15(23-2)16(11-13)24-3;/h5-8,11H,4,9-10,12H2,1-3H3,(H2,20,21,22);1H. The third-order valence-corrected chi connectivity index (χ3v) is 5.19. The van der Waals surface area contributed by atoms with Crippen molar-refractivity contribution in [2.24, 2.45) is 4.99 Å². The van der Waals surface area contributed by atoms with Crippen LogP contribution in [-0.4, -0.2) is 33.3 Å². The van der Waals surface area contributed by atoms with Gasteiger partial charge in [0.05, 0.1) is 24.6 Å². The van der Waals surface area contributed by atoms with Crippen molar-refractivity contribution in [3.05, 3.63) is 44.6 Å². The normalized spacial score (nSPS) is 10.8. The number of hydrogen-bond donors (Lipinski definition) is 2. The first-order valence-electron chi connectivity index (χ1n) is 8.13. The van der Waals surface area contributed by atoms with E-state index in [0.717, 1.165) is 46.3 Å². The summed E-state index contributed by atoms with van der Waals surface area (Å²) in [6.45, 7) is 4.29. The van der Waals surface area contributed by atoms with E-state index in [2.05, 4.69) is 50.6 Å². The molecule has 0 saturated heterocycles. The van der Waals surface area contributed by atoms with Gasteiger partial charge in [0.25, 0.3) is 0 Å². The van der Waals surface area contributed by atoms with Crippen molar-refractivity contribution in [1.29, 1.82) is 0 Å². The zero-order valence-corrected chi connectivity index (χ0v) is 19.9. The SMILES string of the molecule is CCNC(=NCc1ccc(OC)c(OC)c1)NCCc1ccc(Br)s1.I. The van der Waals surface area contributed by atoms with Gasteiger partial charge >= 0.3 is 0 Å². The zero-order chi connectivity index (χ0) is 18.1. The maximum absolute atomic E-state index is 5.34. The molecule has 0 radical (unpaired) electrons. The number of halogens is 2. The Hall–Kier alpha value is -1.000. The number of aliphatic imine (C=N–C) groups is 1. The van der Waals surface area contributed by atoms with Crippen LogP contribution in [0.1, 0.15) is 17.4 Å². The molecule has 0 saturated carbocycles. The summed E-state index contributed by atoms with van der Waals surface area (Å²) in [5.41, 5.74) is 1.07. The minimum Gasteiger partial charge on any atom is -0.493 e. The summed E-state index contributed by atoms with van der Waals surface area (Å²) >= 11 is 5.25. The molecule has 2 aromatic rings. The van der Waals surface area contributed by atoms with E-state index in [9.17, 15) is 0 Å². The van der Waals surface area contributed by atoms with Crippen LogP contribution in [0.4, 0.5) is 0 Å². The number of methoxy groups -OCH3 is 2. The molecule has 8 heteroatoms. The molecule has 0 aliphatic carbocycles. The van der Waals surface area contributed by atoms with E-state index in [0.29, 0.717) is 6.54 Å². The van der Waals surface area contributed by atoms with Crippen molar-refractivity contribution in [2.75, 3.05) is 27.3 Å². The number of nitrogens with zero attached hydrogens (tertiary/aromatic N) is 1. The van der Waals surface area contributed by atoms with Crippen LogP contribution in [0.15, 0.2) is 39.1 Å². The molecule has 144 valence electrons. The van der Waals surface area contributed by atoms with Gasteiger partial charge in [-0.1, -0.05) is 6.07 Å². The van der Waals surface area contributed by atoms with E-state index >= 15 is 0 Å². The molecule has 1 aromatic carbocycles. The smallest absolute Gasteiger partial charge is 0.191 e. The van der Waals surface area contributed by atoms with E-state index < -0.39 is 0 Å². The van der Waals surface area contributed by atoms with Crippen molar-refractivity contribution in [1.82, 2.24) is 10.6 Å². The Morgan fingerprint density at radius 3 is 2.50 bits per heavy atom. The Bertz CT molecular complexity index is 709. The number of guanidine groups is 1. The molecule has 1 aromatic heterocycles. The Balaban J connectivity index is 0.00000338. The molecule has 5 nitrogen and oxygen atoms in total. The number of ether oxygens (including phenoxy) is 2. The van der Waals surface area contributed by atoms with E-state index in [1.165, 1.54) is 4.88 Å². The topological polar surface area (TPSA) is 54.9 Å². The molecule has 0 bridgehead atoms. The van der Waals surface area contributed by atoms with Gasteiger partial charge < -0.3 is 20.1 Å². The van der Waals surface area contributed by atoms with E-state index in [1.807, 2.05) is 18.2 Å². The van der Waals surface area contributed by atoms with Crippen LogP contribution in [0.2, 0.25) is 0 Å². The first-order chi connectivity index (χ1) is 12.2. The lowest BCUT2D eigenvalue weighted by atomic mass is 10.2. The van der Waals surface area contributed by atoms with Gasteiger partial charge in [-0.2, -0.15) is 0 Å². The number of rotatable bonds is 8. The largest absolute Gasteiger partial charge is 0.493 e. The molecule has 0 atom stereocenters. The summed E-state index contributed by atoms with van der Waals surface area (Å²) in [6, 6.07) is 10.1. The van der Waals surface area contributed by atoms with Crippen molar-refractivity contribution in [3.63, 3.8) is 0 Å². The van der Waals surface area contributed by atoms with Crippen LogP contribution in [-0.2, 0) is 13.0 Å². The number of hydrogen-bond acceptors (Lipinski definition) is 4. The summed E-state index contributed by atoms with van der Waals surface area (Å²) < 4.78 is 11.8. The molecule has 26 heavy (non-hydrogen) atoms. The quantitative estimate of drug-likeness (QED) is 0.288. The number of benzene rings is 1.